The van der Waals surface area contributed by atoms with Gasteiger partial charge in [-0.1, -0.05) is 12.1 Å². The minimum Gasteiger partial charge on any atom is -0.497 e. The van der Waals surface area contributed by atoms with Crippen molar-refractivity contribution in [3.8, 4) is 16.9 Å². The van der Waals surface area contributed by atoms with E-state index in [-0.39, 0.29) is 5.82 Å². The molecule has 0 radical (unpaired) electrons. The first kappa shape index (κ1) is 12.0. The summed E-state index contributed by atoms with van der Waals surface area (Å²) in [4.78, 5) is 0. The fourth-order valence-electron chi connectivity index (χ4n) is 2.68. The van der Waals surface area contributed by atoms with Gasteiger partial charge in [-0.3, -0.25) is 0 Å². The molecule has 0 bridgehead atoms. The Morgan fingerprint density at radius 1 is 1.16 bits per heavy atom. The van der Waals surface area contributed by atoms with Crippen LogP contribution in [-0.4, -0.2) is 13.7 Å². The fraction of sp³-hybridized carbons (Fsp3) is 0.250. The number of halogens is 1. The molecular weight excluding hydrogens is 241 g/mol. The Bertz CT molecular complexity index is 637. The number of anilines is 1. The number of methoxy groups -OCH3 is 1. The monoisotopic (exact) mass is 257 g/mol. The maximum Gasteiger partial charge on any atom is 0.134 e. The lowest BCUT2D eigenvalue weighted by molar-refractivity contribution is 0.411. The maximum atomic E-state index is 14.2. The summed E-state index contributed by atoms with van der Waals surface area (Å²) in [5.41, 5.74) is 5.20. The Hall–Kier alpha value is -2.03. The second kappa shape index (κ2) is 4.57. The molecule has 3 rings (SSSR count). The maximum absolute atomic E-state index is 14.2. The molecule has 0 unspecified atom stereocenters. The zero-order chi connectivity index (χ0) is 13.4. The fourth-order valence-corrected chi connectivity index (χ4v) is 2.68. The van der Waals surface area contributed by atoms with E-state index in [2.05, 4.69) is 12.2 Å². The van der Waals surface area contributed by atoms with Crippen molar-refractivity contribution in [2.45, 2.75) is 13.3 Å². The van der Waals surface area contributed by atoms with E-state index in [0.29, 0.717) is 11.3 Å². The zero-order valence-electron chi connectivity index (χ0n) is 11.1. The van der Waals surface area contributed by atoms with Crippen molar-refractivity contribution >= 4 is 5.69 Å². The molecule has 0 atom stereocenters. The Labute approximate surface area is 112 Å². The average Bonchev–Trinajstić information content (AvgIpc) is 2.90. The summed E-state index contributed by atoms with van der Waals surface area (Å²) >= 11 is 0. The van der Waals surface area contributed by atoms with Crippen molar-refractivity contribution in [2.75, 3.05) is 19.0 Å². The van der Waals surface area contributed by atoms with Crippen molar-refractivity contribution in [1.29, 1.82) is 0 Å². The molecule has 1 aliphatic heterocycles. The molecule has 2 nitrogen and oxygen atoms in total. The van der Waals surface area contributed by atoms with E-state index < -0.39 is 0 Å². The number of fused-ring (bicyclic) bond motifs is 1. The van der Waals surface area contributed by atoms with Gasteiger partial charge < -0.3 is 10.1 Å². The Balaban J connectivity index is 2.15. The molecule has 0 fully saturated rings. The number of nitrogens with one attached hydrogen (secondary N) is 1. The van der Waals surface area contributed by atoms with Gasteiger partial charge in [0.2, 0.25) is 0 Å². The van der Waals surface area contributed by atoms with Crippen LogP contribution in [-0.2, 0) is 6.42 Å². The van der Waals surface area contributed by atoms with Crippen molar-refractivity contribution in [3.63, 3.8) is 0 Å². The van der Waals surface area contributed by atoms with Crippen LogP contribution in [0.5, 0.6) is 5.75 Å². The first-order valence-electron chi connectivity index (χ1n) is 6.41. The summed E-state index contributed by atoms with van der Waals surface area (Å²) in [5, 5.41) is 3.37. The second-order valence-corrected chi connectivity index (χ2v) is 4.81. The minimum absolute atomic E-state index is 0.239. The lowest BCUT2D eigenvalue weighted by Crippen LogP contribution is -1.93. The van der Waals surface area contributed by atoms with Gasteiger partial charge in [0.05, 0.1) is 7.11 Å². The first-order valence-corrected chi connectivity index (χ1v) is 6.41. The molecule has 19 heavy (non-hydrogen) atoms. The highest BCUT2D eigenvalue weighted by molar-refractivity contribution is 5.78. The molecule has 0 saturated heterocycles. The highest BCUT2D eigenvalue weighted by atomic mass is 19.1. The normalized spacial score (nSPS) is 13.0. The van der Waals surface area contributed by atoms with Gasteiger partial charge in [-0.05, 0) is 42.2 Å². The van der Waals surface area contributed by atoms with E-state index in [1.165, 1.54) is 17.2 Å². The van der Waals surface area contributed by atoms with Crippen LogP contribution < -0.4 is 10.1 Å². The molecule has 0 aliphatic carbocycles. The molecule has 3 heteroatoms. The van der Waals surface area contributed by atoms with Gasteiger partial charge in [0.25, 0.3) is 0 Å². The van der Waals surface area contributed by atoms with Crippen LogP contribution in [0.4, 0.5) is 10.1 Å². The number of aryl methyl sites for hydroxylation is 1. The molecule has 1 aliphatic rings. The molecule has 1 heterocycles. The Kier molecular flexibility index (Phi) is 2.90. The van der Waals surface area contributed by atoms with E-state index in [1.807, 2.05) is 12.1 Å². The molecule has 0 amide bonds. The highest BCUT2D eigenvalue weighted by Gasteiger charge is 2.19. The van der Waals surface area contributed by atoms with Gasteiger partial charge in [0.15, 0.2) is 0 Å². The minimum atomic E-state index is -0.239. The molecular formula is C16H16FNO. The lowest BCUT2D eigenvalue weighted by Gasteiger charge is -2.12. The molecule has 0 saturated carbocycles. The van der Waals surface area contributed by atoms with Crippen LogP contribution in [0.2, 0.25) is 0 Å². The van der Waals surface area contributed by atoms with Crippen LogP contribution in [0.15, 0.2) is 30.3 Å². The number of benzene rings is 2. The lowest BCUT2D eigenvalue weighted by atomic mass is 9.95. The van der Waals surface area contributed by atoms with Crippen LogP contribution in [0, 0.1) is 12.7 Å². The molecule has 2 aromatic carbocycles. The first-order chi connectivity index (χ1) is 9.20. The number of rotatable bonds is 2. The van der Waals surface area contributed by atoms with E-state index in [9.17, 15) is 4.39 Å². The van der Waals surface area contributed by atoms with Crippen LogP contribution >= 0.6 is 0 Å². The predicted octanol–water partition coefficient (Wildman–Crippen LogP) is 3.78. The van der Waals surface area contributed by atoms with E-state index in [1.54, 1.807) is 19.2 Å². The second-order valence-electron chi connectivity index (χ2n) is 4.81. The van der Waals surface area contributed by atoms with Gasteiger partial charge in [0, 0.05) is 23.9 Å². The van der Waals surface area contributed by atoms with Crippen molar-refractivity contribution in [1.82, 2.24) is 0 Å². The molecule has 2 aromatic rings. The quantitative estimate of drug-likeness (QED) is 0.884. The third-order valence-electron chi connectivity index (χ3n) is 3.66. The number of hydrogen-bond acceptors (Lipinski definition) is 2. The van der Waals surface area contributed by atoms with Gasteiger partial charge in [-0.2, -0.15) is 0 Å². The summed E-state index contributed by atoms with van der Waals surface area (Å²) in [6.07, 6.45) is 0.942. The summed E-state index contributed by atoms with van der Waals surface area (Å²) in [6, 6.07) is 9.07. The van der Waals surface area contributed by atoms with Gasteiger partial charge in [-0.15, -0.1) is 0 Å². The number of ether oxygens (including phenoxy) is 1. The smallest absolute Gasteiger partial charge is 0.134 e. The largest absolute Gasteiger partial charge is 0.497 e. The van der Waals surface area contributed by atoms with E-state index in [4.69, 9.17) is 4.74 Å². The molecule has 0 spiro atoms. The highest BCUT2D eigenvalue weighted by Crippen LogP contribution is 2.37. The SMILES string of the molecule is COc1ccc(-c2ccc(C)c3c2CCN3)c(F)c1. The van der Waals surface area contributed by atoms with Gasteiger partial charge in [0.1, 0.15) is 11.6 Å². The Morgan fingerprint density at radius 2 is 1.95 bits per heavy atom. The Morgan fingerprint density at radius 3 is 2.68 bits per heavy atom. The van der Waals surface area contributed by atoms with E-state index >= 15 is 0 Å². The van der Waals surface area contributed by atoms with Crippen molar-refractivity contribution in [3.05, 3.63) is 47.3 Å². The van der Waals surface area contributed by atoms with Gasteiger partial charge >= 0.3 is 0 Å². The third kappa shape index (κ3) is 1.95. The van der Waals surface area contributed by atoms with Crippen molar-refractivity contribution < 1.29 is 9.13 Å². The molecule has 0 aromatic heterocycles. The van der Waals surface area contributed by atoms with Crippen molar-refractivity contribution in [2.24, 2.45) is 0 Å². The van der Waals surface area contributed by atoms with Crippen LogP contribution in [0.3, 0.4) is 0 Å². The summed E-state index contributed by atoms with van der Waals surface area (Å²) in [6.45, 7) is 3.00. The van der Waals surface area contributed by atoms with Crippen LogP contribution in [0.25, 0.3) is 11.1 Å². The summed E-state index contributed by atoms with van der Waals surface area (Å²) in [7, 11) is 1.54. The predicted molar refractivity (Wildman–Crippen MR) is 75.3 cm³/mol. The van der Waals surface area contributed by atoms with E-state index in [0.717, 1.165) is 24.2 Å². The third-order valence-corrected chi connectivity index (χ3v) is 3.66. The topological polar surface area (TPSA) is 21.3 Å². The zero-order valence-corrected chi connectivity index (χ0v) is 11.1. The van der Waals surface area contributed by atoms with Gasteiger partial charge in [-0.25, -0.2) is 4.39 Å². The average molecular weight is 257 g/mol. The molecule has 98 valence electrons. The van der Waals surface area contributed by atoms with Crippen LogP contribution in [0.1, 0.15) is 11.1 Å². The number of hydrogen-bond donors (Lipinski definition) is 1. The standard InChI is InChI=1S/C16H16FNO/c1-10-3-5-12(14-7-8-18-16(10)14)13-6-4-11(19-2)9-15(13)17/h3-6,9,18H,7-8H2,1-2H3. The summed E-state index contributed by atoms with van der Waals surface area (Å²) < 4.78 is 19.2. The summed E-state index contributed by atoms with van der Waals surface area (Å²) in [5.74, 6) is 0.306. The molecule has 1 N–H and O–H groups in total.